The molecule has 0 saturated carbocycles. The van der Waals surface area contributed by atoms with Gasteiger partial charge >= 0.3 is 0 Å². The maximum absolute atomic E-state index is 12.9. The molecule has 1 aliphatic heterocycles. The fourth-order valence-corrected chi connectivity index (χ4v) is 5.51. The van der Waals surface area contributed by atoms with Crippen LogP contribution in [0.3, 0.4) is 0 Å². The molecule has 2 amide bonds. The van der Waals surface area contributed by atoms with Crippen LogP contribution >= 0.6 is 11.3 Å². The number of nitrogens with zero attached hydrogens (tertiary/aromatic N) is 2. The maximum atomic E-state index is 12.9. The fourth-order valence-electron chi connectivity index (χ4n) is 4.22. The summed E-state index contributed by atoms with van der Waals surface area (Å²) in [6, 6.07) is 6.99. The van der Waals surface area contributed by atoms with Gasteiger partial charge < -0.3 is 21.1 Å². The van der Waals surface area contributed by atoms with Gasteiger partial charge in [-0.3, -0.25) is 14.5 Å². The topological polar surface area (TPSA) is 98.9 Å². The number of piperazine rings is 1. The number of anilines is 2. The van der Waals surface area contributed by atoms with E-state index in [9.17, 15) is 14.7 Å². The van der Waals surface area contributed by atoms with Crippen LogP contribution in [0.25, 0.3) is 0 Å². The van der Waals surface area contributed by atoms with E-state index in [2.05, 4.69) is 15.1 Å². The molecule has 1 aliphatic carbocycles. The van der Waals surface area contributed by atoms with E-state index in [0.717, 1.165) is 48.5 Å². The molecule has 1 aromatic carbocycles. The number of aryl methyl sites for hydroxylation is 1. The molecule has 1 atom stereocenters. The van der Waals surface area contributed by atoms with Crippen molar-refractivity contribution < 1.29 is 14.7 Å². The van der Waals surface area contributed by atoms with Crippen molar-refractivity contribution >= 4 is 33.8 Å². The smallest absolute Gasteiger partial charge is 0.251 e. The lowest BCUT2D eigenvalue weighted by Crippen LogP contribution is -2.52. The second-order valence-corrected chi connectivity index (χ2v) is 8.71. The number of phenolic OH excluding ortho intramolecular Hbond substituents is 1. The number of nitrogens with one attached hydrogen (secondary N) is 1. The Balaban J connectivity index is 1.40. The molecule has 1 saturated heterocycles. The number of aromatic hydroxyl groups is 1. The second kappa shape index (κ2) is 8.04. The van der Waals surface area contributed by atoms with Crippen LogP contribution in [0, 0.1) is 0 Å². The lowest BCUT2D eigenvalue weighted by Gasteiger charge is -2.38. The predicted octanol–water partition coefficient (Wildman–Crippen LogP) is 2.19. The predicted molar refractivity (Wildman–Crippen MR) is 115 cm³/mol. The van der Waals surface area contributed by atoms with E-state index >= 15 is 0 Å². The van der Waals surface area contributed by atoms with Gasteiger partial charge in [-0.1, -0.05) is 12.1 Å². The molecular formula is C21H26N4O3S. The van der Waals surface area contributed by atoms with Crippen molar-refractivity contribution in [3.8, 4) is 5.75 Å². The van der Waals surface area contributed by atoms with Gasteiger partial charge in [0.15, 0.2) is 0 Å². The molecular weight excluding hydrogens is 388 g/mol. The molecule has 154 valence electrons. The van der Waals surface area contributed by atoms with Crippen LogP contribution < -0.4 is 16.0 Å². The van der Waals surface area contributed by atoms with Crippen LogP contribution in [0.2, 0.25) is 0 Å². The lowest BCUT2D eigenvalue weighted by molar-refractivity contribution is -0.120. The Labute approximate surface area is 174 Å². The van der Waals surface area contributed by atoms with Gasteiger partial charge in [-0.15, -0.1) is 11.3 Å². The zero-order valence-corrected chi connectivity index (χ0v) is 17.3. The van der Waals surface area contributed by atoms with E-state index in [1.807, 2.05) is 25.1 Å². The number of thiophene rings is 1. The Morgan fingerprint density at radius 1 is 1.17 bits per heavy atom. The highest BCUT2D eigenvalue weighted by Crippen LogP contribution is 2.39. The van der Waals surface area contributed by atoms with E-state index in [4.69, 9.17) is 5.73 Å². The molecule has 4 rings (SSSR count). The summed E-state index contributed by atoms with van der Waals surface area (Å²) in [5.41, 5.74) is 7.92. The zero-order chi connectivity index (χ0) is 20.5. The highest BCUT2D eigenvalue weighted by Gasteiger charge is 2.30. The Kier molecular flexibility index (Phi) is 5.47. The van der Waals surface area contributed by atoms with Gasteiger partial charge in [0, 0.05) is 31.1 Å². The Bertz CT molecular complexity index is 934. The summed E-state index contributed by atoms with van der Waals surface area (Å²) in [5, 5.41) is 13.6. The van der Waals surface area contributed by atoms with Crippen LogP contribution in [0.15, 0.2) is 24.3 Å². The second-order valence-electron chi connectivity index (χ2n) is 7.60. The van der Waals surface area contributed by atoms with Gasteiger partial charge in [-0.25, -0.2) is 0 Å². The summed E-state index contributed by atoms with van der Waals surface area (Å²) in [4.78, 5) is 30.2. The maximum Gasteiger partial charge on any atom is 0.251 e. The van der Waals surface area contributed by atoms with E-state index < -0.39 is 5.91 Å². The molecule has 2 aliphatic rings. The average Bonchev–Trinajstić information content (AvgIpc) is 3.28. The summed E-state index contributed by atoms with van der Waals surface area (Å²) < 4.78 is 0. The van der Waals surface area contributed by atoms with E-state index in [0.29, 0.717) is 23.7 Å². The normalized spacial score (nSPS) is 17.8. The standard InChI is InChI=1S/C21H26N4O3S/c1-13(24-9-11-25(12-10-24)15-6-2-3-7-16(15)26)20(28)23-21-18(19(22)27)14-5-4-8-17(14)29-21/h2-3,6-7,13,26H,4-5,8-12H2,1H3,(H2,22,27)(H,23,28)/t13-/m0/s1. The third-order valence-corrected chi connectivity index (χ3v) is 7.08. The highest BCUT2D eigenvalue weighted by atomic mass is 32.1. The molecule has 29 heavy (non-hydrogen) atoms. The minimum Gasteiger partial charge on any atom is -0.506 e. The van der Waals surface area contributed by atoms with Crippen LogP contribution in [0.1, 0.15) is 34.1 Å². The molecule has 0 radical (unpaired) electrons. The summed E-state index contributed by atoms with van der Waals surface area (Å²) in [6.07, 6.45) is 2.83. The molecule has 4 N–H and O–H groups in total. The summed E-state index contributed by atoms with van der Waals surface area (Å²) in [6.45, 7) is 4.78. The lowest BCUT2D eigenvalue weighted by atomic mass is 10.1. The minimum absolute atomic E-state index is 0.122. The first-order valence-corrected chi connectivity index (χ1v) is 10.8. The number of carbonyl (C=O) groups is 2. The van der Waals surface area contributed by atoms with Crippen LogP contribution in [-0.2, 0) is 17.6 Å². The first kappa shape index (κ1) is 19.7. The van der Waals surface area contributed by atoms with E-state index in [1.54, 1.807) is 6.07 Å². The number of amides is 2. The number of carbonyl (C=O) groups excluding carboxylic acids is 2. The van der Waals surface area contributed by atoms with E-state index in [1.165, 1.54) is 11.3 Å². The average molecular weight is 415 g/mol. The molecule has 1 fully saturated rings. The van der Waals surface area contributed by atoms with Crippen molar-refractivity contribution in [2.24, 2.45) is 5.73 Å². The third-order valence-electron chi connectivity index (χ3n) is 5.87. The first-order valence-electron chi connectivity index (χ1n) is 9.98. The third kappa shape index (κ3) is 3.82. The molecule has 2 aromatic rings. The van der Waals surface area contributed by atoms with Gasteiger partial charge in [0.2, 0.25) is 5.91 Å². The van der Waals surface area contributed by atoms with Gasteiger partial charge in [0.25, 0.3) is 5.91 Å². The van der Waals surface area contributed by atoms with Crippen molar-refractivity contribution in [3.05, 3.63) is 40.3 Å². The monoisotopic (exact) mass is 414 g/mol. The Morgan fingerprint density at radius 3 is 2.59 bits per heavy atom. The SMILES string of the molecule is C[C@@H](C(=O)Nc1sc2c(c1C(N)=O)CCC2)N1CCN(c2ccccc2O)CC1. The van der Waals surface area contributed by atoms with Crippen molar-refractivity contribution in [1.29, 1.82) is 0 Å². The fraction of sp³-hybridized carbons (Fsp3) is 0.429. The molecule has 2 heterocycles. The molecule has 0 unspecified atom stereocenters. The highest BCUT2D eigenvalue weighted by molar-refractivity contribution is 7.17. The molecule has 1 aromatic heterocycles. The summed E-state index contributed by atoms with van der Waals surface area (Å²) in [7, 11) is 0. The number of phenols is 1. The molecule has 0 spiro atoms. The van der Waals surface area contributed by atoms with Crippen LogP contribution in [0.5, 0.6) is 5.75 Å². The van der Waals surface area contributed by atoms with Crippen molar-refractivity contribution in [3.63, 3.8) is 0 Å². The van der Waals surface area contributed by atoms with E-state index in [-0.39, 0.29) is 17.7 Å². The van der Waals surface area contributed by atoms with Gasteiger partial charge in [0.1, 0.15) is 10.8 Å². The zero-order valence-electron chi connectivity index (χ0n) is 16.5. The number of hydrogen-bond donors (Lipinski definition) is 3. The minimum atomic E-state index is -0.469. The van der Waals surface area contributed by atoms with Crippen LogP contribution in [-0.4, -0.2) is 54.0 Å². The number of nitrogens with two attached hydrogens (primary N) is 1. The number of benzene rings is 1. The first-order chi connectivity index (χ1) is 14.0. The van der Waals surface area contributed by atoms with Crippen molar-refractivity contribution in [2.75, 3.05) is 36.4 Å². The Hall–Kier alpha value is -2.58. The number of primary amides is 1. The Morgan fingerprint density at radius 2 is 1.90 bits per heavy atom. The van der Waals surface area contributed by atoms with Gasteiger partial charge in [0.05, 0.1) is 17.3 Å². The summed E-state index contributed by atoms with van der Waals surface area (Å²) >= 11 is 1.48. The molecule has 0 bridgehead atoms. The number of hydrogen-bond acceptors (Lipinski definition) is 6. The van der Waals surface area contributed by atoms with Gasteiger partial charge in [-0.2, -0.15) is 0 Å². The summed E-state index contributed by atoms with van der Waals surface area (Å²) in [5.74, 6) is -0.316. The van der Waals surface area contributed by atoms with Crippen molar-refractivity contribution in [1.82, 2.24) is 4.90 Å². The van der Waals surface area contributed by atoms with Gasteiger partial charge in [-0.05, 0) is 43.9 Å². The van der Waals surface area contributed by atoms with Crippen molar-refractivity contribution in [2.45, 2.75) is 32.2 Å². The number of rotatable bonds is 5. The molecule has 8 heteroatoms. The van der Waals surface area contributed by atoms with Crippen LogP contribution in [0.4, 0.5) is 10.7 Å². The quantitative estimate of drug-likeness (QED) is 0.697. The molecule has 7 nitrogen and oxygen atoms in total. The largest absolute Gasteiger partial charge is 0.506 e. The number of para-hydroxylation sites is 2. The number of fused-ring (bicyclic) bond motifs is 1.